The molecule has 1 heterocycles. The molecule has 6 nitrogen and oxygen atoms in total. The number of nitro groups is 1. The molecule has 0 bridgehead atoms. The van der Waals surface area contributed by atoms with Crippen molar-refractivity contribution in [1.82, 2.24) is 5.32 Å². The second-order valence-corrected chi connectivity index (χ2v) is 4.46. The third kappa shape index (κ3) is 4.29. The van der Waals surface area contributed by atoms with Crippen molar-refractivity contribution < 1.29 is 9.72 Å². The molecule has 0 aliphatic heterocycles. The van der Waals surface area contributed by atoms with Gasteiger partial charge in [0.05, 0.1) is 14.7 Å². The van der Waals surface area contributed by atoms with Gasteiger partial charge in [0.2, 0.25) is 0 Å². The number of nitrogens with one attached hydrogen (secondary N) is 1. The molecule has 0 aromatic carbocycles. The first-order valence-electron chi connectivity index (χ1n) is 4.79. The van der Waals surface area contributed by atoms with Gasteiger partial charge in [0, 0.05) is 12.6 Å². The van der Waals surface area contributed by atoms with Crippen LogP contribution < -0.4 is 11.1 Å². The predicted octanol–water partition coefficient (Wildman–Crippen LogP) is 1.47. The first-order chi connectivity index (χ1) is 7.56. The standard InChI is InChI=1S/C9H13N3O3S.ClH/c1-6-7(12(14)15)5-8(16-6)9(13)11-4-2-3-10;/h5H,2-4,10H2,1H3,(H,11,13);1H. The highest BCUT2D eigenvalue weighted by molar-refractivity contribution is 7.14. The lowest BCUT2D eigenvalue weighted by Crippen LogP contribution is -2.25. The Morgan fingerprint density at radius 2 is 2.29 bits per heavy atom. The summed E-state index contributed by atoms with van der Waals surface area (Å²) in [7, 11) is 0. The zero-order valence-electron chi connectivity index (χ0n) is 9.26. The van der Waals surface area contributed by atoms with Crippen LogP contribution >= 0.6 is 23.7 Å². The van der Waals surface area contributed by atoms with E-state index in [4.69, 9.17) is 5.73 Å². The van der Waals surface area contributed by atoms with E-state index in [0.717, 1.165) is 11.3 Å². The quantitative estimate of drug-likeness (QED) is 0.484. The van der Waals surface area contributed by atoms with Gasteiger partial charge in [-0.25, -0.2) is 0 Å². The van der Waals surface area contributed by atoms with Crippen molar-refractivity contribution in [2.45, 2.75) is 13.3 Å². The van der Waals surface area contributed by atoms with Gasteiger partial charge in [-0.3, -0.25) is 14.9 Å². The van der Waals surface area contributed by atoms with Gasteiger partial charge >= 0.3 is 0 Å². The third-order valence-electron chi connectivity index (χ3n) is 1.98. The molecule has 0 aliphatic carbocycles. The number of thiophene rings is 1. The Bertz CT molecular complexity index is 408. The van der Waals surface area contributed by atoms with E-state index < -0.39 is 4.92 Å². The highest BCUT2D eigenvalue weighted by Crippen LogP contribution is 2.27. The van der Waals surface area contributed by atoms with Gasteiger partial charge in [-0.15, -0.1) is 23.7 Å². The molecule has 0 saturated heterocycles. The number of carbonyl (C=O) groups excluding carboxylic acids is 1. The summed E-state index contributed by atoms with van der Waals surface area (Å²) < 4.78 is 0. The Balaban J connectivity index is 0.00000256. The number of nitrogens with zero attached hydrogens (tertiary/aromatic N) is 1. The van der Waals surface area contributed by atoms with Crippen molar-refractivity contribution in [3.05, 3.63) is 25.9 Å². The zero-order chi connectivity index (χ0) is 12.1. The number of carbonyl (C=O) groups is 1. The van der Waals surface area contributed by atoms with E-state index >= 15 is 0 Å². The van der Waals surface area contributed by atoms with Crippen molar-refractivity contribution in [3.63, 3.8) is 0 Å². The zero-order valence-corrected chi connectivity index (χ0v) is 10.9. The molecule has 0 aliphatic rings. The number of amides is 1. The van der Waals surface area contributed by atoms with Crippen LogP contribution in [0.5, 0.6) is 0 Å². The topological polar surface area (TPSA) is 98.3 Å². The van der Waals surface area contributed by atoms with Crippen LogP contribution in [0.25, 0.3) is 0 Å². The van der Waals surface area contributed by atoms with Crippen LogP contribution in [0.15, 0.2) is 6.07 Å². The minimum Gasteiger partial charge on any atom is -0.351 e. The lowest BCUT2D eigenvalue weighted by Gasteiger charge is -2.00. The highest BCUT2D eigenvalue weighted by atomic mass is 35.5. The fraction of sp³-hybridized carbons (Fsp3) is 0.444. The molecular formula is C9H14ClN3O3S. The largest absolute Gasteiger partial charge is 0.351 e. The van der Waals surface area contributed by atoms with Crippen LogP contribution in [0.4, 0.5) is 5.69 Å². The molecule has 1 aromatic rings. The van der Waals surface area contributed by atoms with Crippen molar-refractivity contribution >= 4 is 35.3 Å². The Hall–Kier alpha value is -1.18. The summed E-state index contributed by atoms with van der Waals surface area (Å²) in [4.78, 5) is 22.5. The Morgan fingerprint density at radius 3 is 2.76 bits per heavy atom. The van der Waals surface area contributed by atoms with Gasteiger partial charge in [-0.05, 0) is 19.9 Å². The molecule has 1 rings (SSSR count). The van der Waals surface area contributed by atoms with Crippen molar-refractivity contribution in [1.29, 1.82) is 0 Å². The van der Waals surface area contributed by atoms with E-state index in [0.29, 0.717) is 29.3 Å². The monoisotopic (exact) mass is 279 g/mol. The SMILES string of the molecule is Cc1sc(C(=O)NCCCN)cc1[N+](=O)[O-].Cl. The van der Waals surface area contributed by atoms with Crippen LogP contribution in [0.1, 0.15) is 21.0 Å². The molecular weight excluding hydrogens is 266 g/mol. The molecule has 0 saturated carbocycles. The fourth-order valence-corrected chi connectivity index (χ4v) is 2.06. The van der Waals surface area contributed by atoms with Gasteiger partial charge in [0.25, 0.3) is 11.6 Å². The molecule has 96 valence electrons. The summed E-state index contributed by atoms with van der Waals surface area (Å²) in [6.07, 6.45) is 0.693. The van der Waals surface area contributed by atoms with Gasteiger partial charge in [0.1, 0.15) is 0 Å². The van der Waals surface area contributed by atoms with E-state index in [1.54, 1.807) is 6.92 Å². The van der Waals surface area contributed by atoms with Crippen LogP contribution in [-0.2, 0) is 0 Å². The summed E-state index contributed by atoms with van der Waals surface area (Å²) in [5.41, 5.74) is 5.28. The fourth-order valence-electron chi connectivity index (χ4n) is 1.16. The summed E-state index contributed by atoms with van der Waals surface area (Å²) in [6.45, 7) is 2.61. The molecule has 1 aromatic heterocycles. The van der Waals surface area contributed by atoms with Gasteiger partial charge in [-0.1, -0.05) is 0 Å². The Labute approximate surface area is 109 Å². The van der Waals surface area contributed by atoms with E-state index in [-0.39, 0.29) is 24.0 Å². The molecule has 8 heteroatoms. The third-order valence-corrected chi connectivity index (χ3v) is 3.02. The van der Waals surface area contributed by atoms with E-state index in [2.05, 4.69) is 5.32 Å². The molecule has 1 amide bonds. The molecule has 17 heavy (non-hydrogen) atoms. The molecule has 0 unspecified atom stereocenters. The van der Waals surface area contributed by atoms with E-state index in [1.165, 1.54) is 6.07 Å². The van der Waals surface area contributed by atoms with E-state index in [9.17, 15) is 14.9 Å². The number of rotatable bonds is 5. The van der Waals surface area contributed by atoms with Gasteiger partial charge in [0.15, 0.2) is 0 Å². The lowest BCUT2D eigenvalue weighted by atomic mass is 10.3. The smallest absolute Gasteiger partial charge is 0.283 e. The van der Waals surface area contributed by atoms with Crippen LogP contribution in [0.2, 0.25) is 0 Å². The number of aryl methyl sites for hydroxylation is 1. The van der Waals surface area contributed by atoms with Crippen molar-refractivity contribution in [2.75, 3.05) is 13.1 Å². The summed E-state index contributed by atoms with van der Waals surface area (Å²) in [5, 5.41) is 13.2. The second kappa shape index (κ2) is 7.21. The van der Waals surface area contributed by atoms with Crippen molar-refractivity contribution in [3.8, 4) is 0 Å². The van der Waals surface area contributed by atoms with Crippen LogP contribution in [0, 0.1) is 17.0 Å². The average Bonchev–Trinajstić information content (AvgIpc) is 2.60. The minimum absolute atomic E-state index is 0. The van der Waals surface area contributed by atoms with Crippen LogP contribution in [0.3, 0.4) is 0 Å². The average molecular weight is 280 g/mol. The maximum atomic E-state index is 11.5. The van der Waals surface area contributed by atoms with Gasteiger partial charge < -0.3 is 11.1 Å². The molecule has 0 spiro atoms. The predicted molar refractivity (Wildman–Crippen MR) is 69.0 cm³/mol. The molecule has 0 atom stereocenters. The van der Waals surface area contributed by atoms with Crippen molar-refractivity contribution in [2.24, 2.45) is 5.73 Å². The number of hydrogen-bond donors (Lipinski definition) is 2. The molecule has 0 radical (unpaired) electrons. The number of hydrogen-bond acceptors (Lipinski definition) is 5. The lowest BCUT2D eigenvalue weighted by molar-refractivity contribution is -0.385. The minimum atomic E-state index is -0.484. The first-order valence-corrected chi connectivity index (χ1v) is 5.61. The first kappa shape index (κ1) is 15.8. The highest BCUT2D eigenvalue weighted by Gasteiger charge is 2.18. The summed E-state index contributed by atoms with van der Waals surface area (Å²) >= 11 is 1.12. The summed E-state index contributed by atoms with van der Waals surface area (Å²) in [6, 6.07) is 1.30. The normalized spacial score (nSPS) is 9.53. The summed E-state index contributed by atoms with van der Waals surface area (Å²) in [5.74, 6) is -0.283. The number of nitrogens with two attached hydrogens (primary N) is 1. The Morgan fingerprint density at radius 1 is 1.65 bits per heavy atom. The number of halogens is 1. The Kier molecular flexibility index (Phi) is 6.71. The molecule has 0 fully saturated rings. The molecule has 3 N–H and O–H groups in total. The van der Waals surface area contributed by atoms with Gasteiger partial charge in [-0.2, -0.15) is 0 Å². The maximum Gasteiger partial charge on any atom is 0.283 e. The second-order valence-electron chi connectivity index (χ2n) is 3.21. The van der Waals surface area contributed by atoms with Crippen LogP contribution in [-0.4, -0.2) is 23.9 Å². The van der Waals surface area contributed by atoms with E-state index in [1.807, 2.05) is 0 Å². The maximum absolute atomic E-state index is 11.5.